The van der Waals surface area contributed by atoms with Crippen LogP contribution in [0.2, 0.25) is 0 Å². The van der Waals surface area contributed by atoms with E-state index in [2.05, 4.69) is 54.0 Å². The van der Waals surface area contributed by atoms with Crippen LogP contribution in [0.4, 0.5) is 0 Å². The first-order chi connectivity index (χ1) is 11.2. The molecule has 1 aromatic heterocycles. The highest BCUT2D eigenvalue weighted by Gasteiger charge is 2.30. The molecule has 0 saturated heterocycles. The molecule has 3 nitrogen and oxygen atoms in total. The van der Waals surface area contributed by atoms with Gasteiger partial charge in [-0.2, -0.15) is 0 Å². The van der Waals surface area contributed by atoms with E-state index in [9.17, 15) is 5.11 Å². The van der Waals surface area contributed by atoms with E-state index in [0.29, 0.717) is 5.92 Å². The second kappa shape index (κ2) is 6.75. The summed E-state index contributed by atoms with van der Waals surface area (Å²) in [6, 6.07) is 14.6. The molecule has 24 heavy (non-hydrogen) atoms. The number of aliphatic hydroxyl groups is 1. The van der Waals surface area contributed by atoms with E-state index in [-0.39, 0.29) is 18.4 Å². The van der Waals surface area contributed by atoms with Crippen LogP contribution in [0.3, 0.4) is 0 Å². The summed E-state index contributed by atoms with van der Waals surface area (Å²) in [5.41, 5.74) is 9.90. The first-order valence-electron chi connectivity index (χ1n) is 8.65. The van der Waals surface area contributed by atoms with E-state index in [1.54, 1.807) is 0 Å². The molecule has 0 aliphatic heterocycles. The summed E-state index contributed by atoms with van der Waals surface area (Å²) in [7, 11) is 0. The number of fused-ring (bicyclic) bond motifs is 3. The van der Waals surface area contributed by atoms with Gasteiger partial charge in [0.15, 0.2) is 0 Å². The Morgan fingerprint density at radius 1 is 1.12 bits per heavy atom. The molecule has 0 spiro atoms. The van der Waals surface area contributed by atoms with Gasteiger partial charge in [-0.05, 0) is 49.4 Å². The van der Waals surface area contributed by atoms with Gasteiger partial charge in [-0.3, -0.25) is 0 Å². The average Bonchev–Trinajstić information content (AvgIpc) is 2.85. The lowest BCUT2D eigenvalue weighted by Gasteiger charge is -2.33. The fourth-order valence-corrected chi connectivity index (χ4v) is 3.89. The molecule has 1 heterocycles. The van der Waals surface area contributed by atoms with E-state index < -0.39 is 6.10 Å². The largest absolute Gasteiger partial charge is 0.391 e. The number of nitrogens with zero attached hydrogens (tertiary/aromatic N) is 1. The second-order valence-corrected chi connectivity index (χ2v) is 6.75. The molecule has 4 heteroatoms. The summed E-state index contributed by atoms with van der Waals surface area (Å²) in [6.45, 7) is 3.12. The second-order valence-electron chi connectivity index (χ2n) is 6.75. The van der Waals surface area contributed by atoms with Crippen molar-refractivity contribution in [1.29, 1.82) is 0 Å². The molecule has 1 fully saturated rings. The van der Waals surface area contributed by atoms with Gasteiger partial charge in [0.05, 0.1) is 12.1 Å². The maximum absolute atomic E-state index is 10.5. The van der Waals surface area contributed by atoms with Gasteiger partial charge in [0, 0.05) is 28.4 Å². The van der Waals surface area contributed by atoms with Crippen molar-refractivity contribution in [2.75, 3.05) is 0 Å². The van der Waals surface area contributed by atoms with Crippen molar-refractivity contribution >= 4 is 34.2 Å². The summed E-state index contributed by atoms with van der Waals surface area (Å²) in [5.74, 6) is 0.373. The molecule has 0 amide bonds. The van der Waals surface area contributed by atoms with Crippen molar-refractivity contribution < 1.29 is 5.11 Å². The van der Waals surface area contributed by atoms with Crippen LogP contribution in [0.15, 0.2) is 42.5 Å². The molecule has 128 valence electrons. The highest BCUT2D eigenvalue weighted by atomic mass is 35.5. The van der Waals surface area contributed by atoms with Crippen molar-refractivity contribution in [3.8, 4) is 0 Å². The monoisotopic (exact) mass is 344 g/mol. The Morgan fingerprint density at radius 2 is 1.83 bits per heavy atom. The predicted octanol–water partition coefficient (Wildman–Crippen LogP) is 4.40. The minimum Gasteiger partial charge on any atom is -0.391 e. The van der Waals surface area contributed by atoms with Crippen molar-refractivity contribution in [3.05, 3.63) is 48.0 Å². The van der Waals surface area contributed by atoms with Crippen LogP contribution in [0.5, 0.6) is 0 Å². The molecular formula is C20H25ClN2O. The Labute approximate surface area is 148 Å². The highest BCUT2D eigenvalue weighted by molar-refractivity contribution is 6.08. The van der Waals surface area contributed by atoms with Crippen molar-refractivity contribution in [1.82, 2.24) is 4.57 Å². The number of aromatic nitrogens is 1. The zero-order chi connectivity index (χ0) is 16.0. The zero-order valence-corrected chi connectivity index (χ0v) is 14.8. The van der Waals surface area contributed by atoms with Crippen molar-refractivity contribution in [2.24, 2.45) is 11.7 Å². The van der Waals surface area contributed by atoms with Gasteiger partial charge in [0.2, 0.25) is 0 Å². The fraction of sp³-hybridized carbons (Fsp3) is 0.400. The van der Waals surface area contributed by atoms with E-state index in [4.69, 9.17) is 5.73 Å². The fourth-order valence-electron chi connectivity index (χ4n) is 3.89. The van der Waals surface area contributed by atoms with Gasteiger partial charge in [0.25, 0.3) is 0 Å². The Hall–Kier alpha value is -1.55. The normalized spacial score (nSPS) is 17.5. The SMILES string of the molecule is CCn1c2ccccc2c2cc([C@@H](N)[C@@H](O)C3CCC3)ccc21.Cl. The third kappa shape index (κ3) is 2.61. The Bertz CT molecular complexity index is 853. The average molecular weight is 345 g/mol. The molecule has 1 aliphatic rings. The number of aryl methyl sites for hydroxylation is 1. The number of aliphatic hydroxyl groups excluding tert-OH is 1. The number of rotatable bonds is 4. The van der Waals surface area contributed by atoms with Gasteiger partial charge >= 0.3 is 0 Å². The molecule has 2 atom stereocenters. The smallest absolute Gasteiger partial charge is 0.0760 e. The molecule has 0 bridgehead atoms. The van der Waals surface area contributed by atoms with Gasteiger partial charge in [-0.1, -0.05) is 30.7 Å². The van der Waals surface area contributed by atoms with E-state index in [1.807, 2.05) is 0 Å². The lowest BCUT2D eigenvalue weighted by molar-refractivity contribution is 0.0414. The number of hydrogen-bond donors (Lipinski definition) is 2. The molecular weight excluding hydrogens is 320 g/mol. The zero-order valence-electron chi connectivity index (χ0n) is 14.0. The van der Waals surface area contributed by atoms with Crippen LogP contribution in [0.1, 0.15) is 37.8 Å². The Morgan fingerprint density at radius 3 is 2.50 bits per heavy atom. The lowest BCUT2D eigenvalue weighted by atomic mass is 9.77. The summed E-state index contributed by atoms with van der Waals surface area (Å²) in [5, 5.41) is 13.0. The van der Waals surface area contributed by atoms with Crippen LogP contribution in [-0.2, 0) is 6.54 Å². The molecule has 3 aromatic rings. The minimum atomic E-state index is -0.430. The summed E-state index contributed by atoms with van der Waals surface area (Å²) in [4.78, 5) is 0. The number of benzene rings is 2. The predicted molar refractivity (Wildman–Crippen MR) is 103 cm³/mol. The first kappa shape index (κ1) is 17.3. The highest BCUT2D eigenvalue weighted by Crippen LogP contribution is 2.36. The topological polar surface area (TPSA) is 51.2 Å². The Kier molecular flexibility index (Phi) is 4.86. The van der Waals surface area contributed by atoms with Gasteiger partial charge in [-0.15, -0.1) is 12.4 Å². The Balaban J connectivity index is 0.00000169. The van der Waals surface area contributed by atoms with E-state index >= 15 is 0 Å². The number of halogens is 1. The molecule has 0 radical (unpaired) electrons. The van der Waals surface area contributed by atoms with Crippen LogP contribution in [0.25, 0.3) is 21.8 Å². The van der Waals surface area contributed by atoms with Crippen LogP contribution >= 0.6 is 12.4 Å². The quantitative estimate of drug-likeness (QED) is 0.737. The van der Waals surface area contributed by atoms with Crippen molar-refractivity contribution in [3.63, 3.8) is 0 Å². The number of para-hydroxylation sites is 1. The molecule has 4 rings (SSSR count). The molecule has 0 unspecified atom stereocenters. The third-order valence-electron chi connectivity index (χ3n) is 5.50. The molecule has 1 saturated carbocycles. The van der Waals surface area contributed by atoms with Crippen molar-refractivity contribution in [2.45, 2.75) is 44.9 Å². The summed E-state index contributed by atoms with van der Waals surface area (Å²) in [6.07, 6.45) is 3.00. The van der Waals surface area contributed by atoms with Crippen LogP contribution in [-0.4, -0.2) is 15.8 Å². The molecule has 1 aliphatic carbocycles. The maximum atomic E-state index is 10.5. The first-order valence-corrected chi connectivity index (χ1v) is 8.65. The number of nitrogens with two attached hydrogens (primary N) is 1. The molecule has 2 aromatic carbocycles. The lowest BCUT2D eigenvalue weighted by Crippen LogP contribution is -2.36. The standard InChI is InChI=1S/C20H24N2O.ClH/c1-2-22-17-9-4-3-8-15(17)16-12-14(10-11-18(16)22)19(21)20(23)13-6-5-7-13;/h3-4,8-13,19-20,23H,2,5-7,21H2,1H3;1H/t19-,20+;/m1./s1. The molecule has 3 N–H and O–H groups in total. The third-order valence-corrected chi connectivity index (χ3v) is 5.50. The summed E-state index contributed by atoms with van der Waals surface area (Å²) < 4.78 is 2.34. The van der Waals surface area contributed by atoms with E-state index in [0.717, 1.165) is 24.9 Å². The van der Waals surface area contributed by atoms with E-state index in [1.165, 1.54) is 28.2 Å². The van der Waals surface area contributed by atoms with Gasteiger partial charge in [-0.25, -0.2) is 0 Å². The number of hydrogen-bond acceptors (Lipinski definition) is 2. The van der Waals surface area contributed by atoms with Gasteiger partial charge < -0.3 is 15.4 Å². The van der Waals surface area contributed by atoms with Crippen LogP contribution < -0.4 is 5.73 Å². The summed E-state index contributed by atoms with van der Waals surface area (Å²) >= 11 is 0. The van der Waals surface area contributed by atoms with Gasteiger partial charge in [0.1, 0.15) is 0 Å². The van der Waals surface area contributed by atoms with Crippen LogP contribution in [0, 0.1) is 5.92 Å². The maximum Gasteiger partial charge on any atom is 0.0760 e. The minimum absolute atomic E-state index is 0.